The van der Waals surface area contributed by atoms with E-state index >= 15 is 0 Å². The second-order valence-corrected chi connectivity index (χ2v) is 5.62. The van der Waals surface area contributed by atoms with Gasteiger partial charge in [0.05, 0.1) is 10.2 Å². The molecular formula is C15H15Br2NO. The van der Waals surface area contributed by atoms with E-state index in [1.54, 1.807) is 9.89 Å². The predicted molar refractivity (Wildman–Crippen MR) is 86.4 cm³/mol. The summed E-state index contributed by atoms with van der Waals surface area (Å²) in [5.41, 5.74) is 2.61. The minimum absolute atomic E-state index is 0.0669. The van der Waals surface area contributed by atoms with E-state index in [9.17, 15) is 4.79 Å². The summed E-state index contributed by atoms with van der Waals surface area (Å²) in [6, 6.07) is 9.70. The molecule has 1 aliphatic heterocycles. The molecule has 1 heterocycles. The molecule has 0 bridgehead atoms. The molecule has 1 aliphatic rings. The van der Waals surface area contributed by atoms with Crippen molar-refractivity contribution in [3.05, 3.63) is 51.1 Å². The number of carbonyl (C=O) groups excluding carboxylic acids is 1. The molecule has 1 aromatic rings. The van der Waals surface area contributed by atoms with E-state index in [2.05, 4.69) is 38.8 Å². The van der Waals surface area contributed by atoms with Gasteiger partial charge in [-0.2, -0.15) is 0 Å². The molecule has 0 saturated carbocycles. The zero-order chi connectivity index (χ0) is 13.8. The highest BCUT2D eigenvalue weighted by atomic mass is 79.9. The van der Waals surface area contributed by atoms with Gasteiger partial charge in [-0.05, 0) is 40.9 Å². The highest BCUT2D eigenvalue weighted by molar-refractivity contribution is 9.12. The van der Waals surface area contributed by atoms with Crippen molar-refractivity contribution in [1.29, 1.82) is 0 Å². The summed E-state index contributed by atoms with van der Waals surface area (Å²) in [5, 5.41) is 0. The fraction of sp³-hybridized carbons (Fsp3) is 0.267. The van der Waals surface area contributed by atoms with E-state index in [4.69, 9.17) is 0 Å². The van der Waals surface area contributed by atoms with Crippen molar-refractivity contribution in [3.8, 4) is 0 Å². The van der Waals surface area contributed by atoms with E-state index in [0.717, 1.165) is 40.7 Å². The number of rotatable bonds is 4. The molecule has 0 aliphatic carbocycles. The summed E-state index contributed by atoms with van der Waals surface area (Å²) in [4.78, 5) is 16.1. The maximum Gasteiger partial charge on any atom is 0.260 e. The van der Waals surface area contributed by atoms with Crippen molar-refractivity contribution in [2.75, 3.05) is 4.90 Å². The topological polar surface area (TPSA) is 20.3 Å². The van der Waals surface area contributed by atoms with Crippen LogP contribution in [0.4, 0.5) is 5.69 Å². The van der Waals surface area contributed by atoms with Gasteiger partial charge < -0.3 is 0 Å². The quantitative estimate of drug-likeness (QED) is 0.706. The Kier molecular flexibility index (Phi) is 4.99. The Bertz CT molecular complexity index is 534. The summed E-state index contributed by atoms with van der Waals surface area (Å²) in [5.74, 6) is 0.0669. The van der Waals surface area contributed by atoms with Crippen LogP contribution in [0.1, 0.15) is 26.2 Å². The van der Waals surface area contributed by atoms with Gasteiger partial charge in [-0.1, -0.05) is 47.5 Å². The Morgan fingerprint density at radius 1 is 1.26 bits per heavy atom. The van der Waals surface area contributed by atoms with Gasteiger partial charge in [0.25, 0.3) is 5.91 Å². The van der Waals surface area contributed by atoms with Crippen LogP contribution < -0.4 is 4.90 Å². The number of allylic oxidation sites excluding steroid dienone is 1. The van der Waals surface area contributed by atoms with Gasteiger partial charge in [-0.15, -0.1) is 0 Å². The van der Waals surface area contributed by atoms with Crippen molar-refractivity contribution in [2.24, 2.45) is 0 Å². The lowest BCUT2D eigenvalue weighted by atomic mass is 10.1. The summed E-state index contributed by atoms with van der Waals surface area (Å²) < 4.78 is 0.895. The lowest BCUT2D eigenvalue weighted by molar-refractivity contribution is -0.114. The molecule has 1 amide bonds. The van der Waals surface area contributed by atoms with Crippen LogP contribution >= 0.6 is 31.9 Å². The van der Waals surface area contributed by atoms with E-state index in [0.29, 0.717) is 0 Å². The fourth-order valence-electron chi connectivity index (χ4n) is 2.09. The van der Waals surface area contributed by atoms with Gasteiger partial charge in [-0.3, -0.25) is 9.69 Å². The number of anilines is 1. The van der Waals surface area contributed by atoms with Crippen LogP contribution in [-0.4, -0.2) is 5.91 Å². The van der Waals surface area contributed by atoms with Crippen LogP contribution in [0.25, 0.3) is 0 Å². The number of hydrogen-bond acceptors (Lipinski definition) is 1. The average molecular weight is 385 g/mol. The number of para-hydroxylation sites is 1. The normalized spacial score (nSPS) is 17.7. The summed E-state index contributed by atoms with van der Waals surface area (Å²) in [6.07, 6.45) is 2.91. The van der Waals surface area contributed by atoms with Crippen LogP contribution in [0.15, 0.2) is 51.1 Å². The van der Waals surface area contributed by atoms with Gasteiger partial charge in [0.1, 0.15) is 0 Å². The largest absolute Gasteiger partial charge is 0.276 e. The molecule has 2 nitrogen and oxygen atoms in total. The Morgan fingerprint density at radius 2 is 1.95 bits per heavy atom. The number of amides is 1. The minimum Gasteiger partial charge on any atom is -0.276 e. The third kappa shape index (κ3) is 2.84. The summed E-state index contributed by atoms with van der Waals surface area (Å²) in [6.45, 7) is 2.13. The second-order valence-electron chi connectivity index (χ2n) is 4.37. The van der Waals surface area contributed by atoms with Gasteiger partial charge in [0.15, 0.2) is 0 Å². The van der Waals surface area contributed by atoms with Crippen LogP contribution in [0.2, 0.25) is 0 Å². The first kappa shape index (κ1) is 14.5. The molecule has 1 aromatic carbocycles. The summed E-state index contributed by atoms with van der Waals surface area (Å²) in [7, 11) is 0. The van der Waals surface area contributed by atoms with E-state index in [-0.39, 0.29) is 5.91 Å². The molecule has 0 N–H and O–H groups in total. The van der Waals surface area contributed by atoms with Gasteiger partial charge >= 0.3 is 0 Å². The SMILES string of the molecule is CCCCC1=C(Br)/C(=C/Br)N(c2ccccc2)C1=O. The van der Waals surface area contributed by atoms with Gasteiger partial charge in [0.2, 0.25) is 0 Å². The smallest absolute Gasteiger partial charge is 0.260 e. The molecule has 0 radical (unpaired) electrons. The Morgan fingerprint density at radius 3 is 2.53 bits per heavy atom. The molecular weight excluding hydrogens is 370 g/mol. The lowest BCUT2D eigenvalue weighted by Crippen LogP contribution is -2.25. The number of carbonyl (C=O) groups is 1. The fourth-order valence-corrected chi connectivity index (χ4v) is 3.49. The molecule has 2 rings (SSSR count). The van der Waals surface area contributed by atoms with E-state index in [1.165, 1.54) is 0 Å². The maximum atomic E-state index is 12.6. The molecule has 4 heteroatoms. The third-order valence-corrected chi connectivity index (χ3v) is 4.41. The van der Waals surface area contributed by atoms with Crippen molar-refractivity contribution in [1.82, 2.24) is 0 Å². The van der Waals surface area contributed by atoms with E-state index in [1.807, 2.05) is 30.3 Å². The van der Waals surface area contributed by atoms with Gasteiger partial charge in [-0.25, -0.2) is 0 Å². The second kappa shape index (κ2) is 6.53. The Balaban J connectivity index is 2.37. The number of hydrogen-bond donors (Lipinski definition) is 0. The Hall–Kier alpha value is -0.870. The molecule has 0 aromatic heterocycles. The molecule has 0 spiro atoms. The van der Waals surface area contributed by atoms with Crippen molar-refractivity contribution >= 4 is 43.5 Å². The third-order valence-electron chi connectivity index (χ3n) is 3.09. The molecule has 0 atom stereocenters. The van der Waals surface area contributed by atoms with Crippen molar-refractivity contribution < 1.29 is 4.79 Å². The monoisotopic (exact) mass is 383 g/mol. The summed E-state index contributed by atoms with van der Waals surface area (Å²) >= 11 is 6.92. The predicted octanol–water partition coefficient (Wildman–Crippen LogP) is 5.11. The van der Waals surface area contributed by atoms with E-state index < -0.39 is 0 Å². The molecule has 19 heavy (non-hydrogen) atoms. The number of benzene rings is 1. The first-order chi connectivity index (χ1) is 9.20. The van der Waals surface area contributed by atoms with Gasteiger partial charge in [0, 0.05) is 16.2 Å². The highest BCUT2D eigenvalue weighted by Gasteiger charge is 2.33. The average Bonchev–Trinajstić information content (AvgIpc) is 2.68. The number of nitrogens with zero attached hydrogens (tertiary/aromatic N) is 1. The zero-order valence-electron chi connectivity index (χ0n) is 10.7. The van der Waals surface area contributed by atoms with Crippen LogP contribution in [-0.2, 0) is 4.79 Å². The molecule has 100 valence electrons. The number of halogens is 2. The minimum atomic E-state index is 0.0669. The van der Waals surface area contributed by atoms with Crippen LogP contribution in [0.3, 0.4) is 0 Å². The standard InChI is InChI=1S/C15H15Br2NO/c1-2-3-9-12-14(17)13(10-16)18(15(12)19)11-7-5-4-6-8-11/h4-8,10H,2-3,9H2,1H3/b13-10-. The lowest BCUT2D eigenvalue weighted by Gasteiger charge is -2.18. The molecule has 0 unspecified atom stereocenters. The molecule has 0 fully saturated rings. The molecule has 0 saturated heterocycles. The highest BCUT2D eigenvalue weighted by Crippen LogP contribution is 2.39. The van der Waals surface area contributed by atoms with Crippen molar-refractivity contribution in [3.63, 3.8) is 0 Å². The maximum absolute atomic E-state index is 12.6. The first-order valence-electron chi connectivity index (χ1n) is 6.29. The first-order valence-corrected chi connectivity index (χ1v) is 8.00. The zero-order valence-corrected chi connectivity index (χ0v) is 13.9. The Labute approximate surface area is 130 Å². The van der Waals surface area contributed by atoms with Crippen LogP contribution in [0.5, 0.6) is 0 Å². The number of unbranched alkanes of at least 4 members (excludes halogenated alkanes) is 1. The van der Waals surface area contributed by atoms with Crippen LogP contribution in [0, 0.1) is 0 Å². The van der Waals surface area contributed by atoms with Crippen molar-refractivity contribution in [2.45, 2.75) is 26.2 Å².